The second-order valence-electron chi connectivity index (χ2n) is 8.64. The van der Waals surface area contributed by atoms with Crippen LogP contribution in [0.15, 0.2) is 48.8 Å². The number of hydrogen-bond donors (Lipinski definition) is 2. The van der Waals surface area contributed by atoms with Crippen molar-refractivity contribution in [2.24, 2.45) is 11.8 Å². The van der Waals surface area contributed by atoms with Crippen LogP contribution in [-0.4, -0.2) is 58.4 Å². The number of esters is 1. The zero-order valence-corrected chi connectivity index (χ0v) is 17.5. The van der Waals surface area contributed by atoms with Gasteiger partial charge >= 0.3 is 5.97 Å². The highest BCUT2D eigenvalue weighted by atomic mass is 16.5. The molecule has 162 valence electrons. The number of rotatable bonds is 5. The smallest absolute Gasteiger partial charge is 0.337 e. The fourth-order valence-corrected chi connectivity index (χ4v) is 5.12. The summed E-state index contributed by atoms with van der Waals surface area (Å²) in [6, 6.07) is 11.0. The van der Waals surface area contributed by atoms with E-state index in [0.717, 1.165) is 38.1 Å². The number of aliphatic hydroxyl groups excluding tert-OH is 1. The van der Waals surface area contributed by atoms with Gasteiger partial charge in [-0.2, -0.15) is 0 Å². The highest BCUT2D eigenvalue weighted by Crippen LogP contribution is 2.39. The summed E-state index contributed by atoms with van der Waals surface area (Å²) < 4.78 is 10.9. The minimum atomic E-state index is -0.514. The summed E-state index contributed by atoms with van der Waals surface area (Å²) >= 11 is 0. The molecular formula is C24H27N3O4. The molecule has 2 aliphatic rings. The van der Waals surface area contributed by atoms with E-state index in [-0.39, 0.29) is 6.10 Å². The predicted octanol–water partition coefficient (Wildman–Crippen LogP) is 3.00. The lowest BCUT2D eigenvalue weighted by atomic mass is 9.78. The number of ether oxygens (including phenoxy) is 2. The molecular weight excluding hydrogens is 394 g/mol. The van der Waals surface area contributed by atoms with Crippen LogP contribution in [0.3, 0.4) is 0 Å². The Morgan fingerprint density at radius 3 is 2.90 bits per heavy atom. The van der Waals surface area contributed by atoms with E-state index in [1.165, 1.54) is 18.1 Å². The predicted molar refractivity (Wildman–Crippen MR) is 116 cm³/mol. The highest BCUT2D eigenvalue weighted by molar-refractivity contribution is 5.89. The summed E-state index contributed by atoms with van der Waals surface area (Å²) in [5.41, 5.74) is 2.63. The lowest BCUT2D eigenvalue weighted by Gasteiger charge is -2.35. The minimum Gasteiger partial charge on any atom is -0.488 e. The molecule has 31 heavy (non-hydrogen) atoms. The van der Waals surface area contributed by atoms with Crippen LogP contribution < -0.4 is 4.74 Å². The van der Waals surface area contributed by atoms with Crippen molar-refractivity contribution in [3.63, 3.8) is 0 Å². The van der Waals surface area contributed by atoms with Crippen molar-refractivity contribution < 1.29 is 19.4 Å². The molecule has 2 fully saturated rings. The number of carbonyl (C=O) groups is 1. The molecule has 5 rings (SSSR count). The standard InChI is InChI=1S/C24H27N3O4/c1-30-24(29)15-4-2-5-19(8-15)31-22-10-17-13-27(12-16(17)9-21(22)28)14-18-11-26-23-20(18)6-3-7-25-23/h2-8,11,16-17,21-22,28H,9-10,12-14H2,1H3,(H,25,26)/t16-,17+,21+,22+/m0/s1. The van der Waals surface area contributed by atoms with Gasteiger partial charge in [0.15, 0.2) is 0 Å². The fourth-order valence-electron chi connectivity index (χ4n) is 5.12. The molecule has 0 unspecified atom stereocenters. The summed E-state index contributed by atoms with van der Waals surface area (Å²) in [5, 5.41) is 11.9. The van der Waals surface area contributed by atoms with Gasteiger partial charge in [0.25, 0.3) is 0 Å². The molecule has 0 amide bonds. The zero-order chi connectivity index (χ0) is 21.4. The van der Waals surface area contributed by atoms with Gasteiger partial charge in [-0.3, -0.25) is 4.90 Å². The Labute approximate surface area is 181 Å². The topological polar surface area (TPSA) is 87.7 Å². The second-order valence-corrected chi connectivity index (χ2v) is 8.64. The van der Waals surface area contributed by atoms with Gasteiger partial charge in [0, 0.05) is 37.4 Å². The molecule has 7 heteroatoms. The first-order valence-electron chi connectivity index (χ1n) is 10.8. The molecule has 1 aromatic carbocycles. The van der Waals surface area contributed by atoms with Gasteiger partial charge in [0.05, 0.1) is 18.8 Å². The molecule has 1 aliphatic heterocycles. The molecule has 1 saturated carbocycles. The summed E-state index contributed by atoms with van der Waals surface area (Å²) in [4.78, 5) is 21.9. The van der Waals surface area contributed by atoms with Gasteiger partial charge in [0.1, 0.15) is 17.5 Å². The highest BCUT2D eigenvalue weighted by Gasteiger charge is 2.42. The van der Waals surface area contributed by atoms with Crippen LogP contribution in [0.2, 0.25) is 0 Å². The van der Waals surface area contributed by atoms with Gasteiger partial charge in [-0.05, 0) is 60.6 Å². The van der Waals surface area contributed by atoms with Crippen molar-refractivity contribution in [3.8, 4) is 5.75 Å². The number of carbonyl (C=O) groups excluding carboxylic acids is 1. The van der Waals surface area contributed by atoms with E-state index in [1.54, 1.807) is 24.4 Å². The number of aliphatic hydroxyl groups is 1. The summed E-state index contributed by atoms with van der Waals surface area (Å²) in [7, 11) is 1.36. The Morgan fingerprint density at radius 1 is 1.23 bits per heavy atom. The van der Waals surface area contributed by atoms with Gasteiger partial charge < -0.3 is 19.6 Å². The number of likely N-dealkylation sites (tertiary alicyclic amines) is 1. The van der Waals surface area contributed by atoms with E-state index < -0.39 is 12.1 Å². The number of pyridine rings is 1. The molecule has 3 heterocycles. The van der Waals surface area contributed by atoms with E-state index in [2.05, 4.69) is 27.1 Å². The van der Waals surface area contributed by atoms with Crippen molar-refractivity contribution in [1.82, 2.24) is 14.9 Å². The first kappa shape index (κ1) is 20.0. The van der Waals surface area contributed by atoms with Crippen LogP contribution in [0.25, 0.3) is 11.0 Å². The normalized spacial score (nSPS) is 26.0. The Kier molecular flexibility index (Phi) is 5.38. The van der Waals surface area contributed by atoms with E-state index >= 15 is 0 Å². The lowest BCUT2D eigenvalue weighted by molar-refractivity contribution is -0.0231. The number of aromatic amines is 1. The molecule has 3 aromatic rings. The number of hydrogen-bond acceptors (Lipinski definition) is 6. The summed E-state index contributed by atoms with van der Waals surface area (Å²) in [5.74, 6) is 1.15. The molecule has 2 N–H and O–H groups in total. The van der Waals surface area contributed by atoms with Gasteiger partial charge in [-0.25, -0.2) is 9.78 Å². The Hall–Kier alpha value is -2.90. The first-order chi connectivity index (χ1) is 15.1. The summed E-state index contributed by atoms with van der Waals surface area (Å²) in [6.45, 7) is 2.85. The van der Waals surface area contributed by atoms with Crippen LogP contribution in [0.1, 0.15) is 28.8 Å². The van der Waals surface area contributed by atoms with E-state index in [9.17, 15) is 9.90 Å². The van der Waals surface area contributed by atoms with Crippen LogP contribution in [0.5, 0.6) is 5.75 Å². The van der Waals surface area contributed by atoms with Crippen molar-refractivity contribution >= 4 is 17.0 Å². The number of fused-ring (bicyclic) bond motifs is 2. The van der Waals surface area contributed by atoms with E-state index in [1.807, 2.05) is 12.1 Å². The summed E-state index contributed by atoms with van der Waals surface area (Å²) in [6.07, 6.45) is 4.61. The van der Waals surface area contributed by atoms with Gasteiger partial charge in [-0.1, -0.05) is 6.07 Å². The van der Waals surface area contributed by atoms with Crippen molar-refractivity contribution in [3.05, 3.63) is 59.9 Å². The van der Waals surface area contributed by atoms with E-state index in [4.69, 9.17) is 9.47 Å². The van der Waals surface area contributed by atoms with E-state index in [0.29, 0.717) is 23.1 Å². The zero-order valence-electron chi connectivity index (χ0n) is 17.5. The van der Waals surface area contributed by atoms with Crippen LogP contribution in [-0.2, 0) is 11.3 Å². The number of aromatic nitrogens is 2. The van der Waals surface area contributed by atoms with Gasteiger partial charge in [-0.15, -0.1) is 0 Å². The molecule has 1 saturated heterocycles. The van der Waals surface area contributed by atoms with Crippen molar-refractivity contribution in [2.45, 2.75) is 31.6 Å². The maximum absolute atomic E-state index is 11.8. The molecule has 0 bridgehead atoms. The Morgan fingerprint density at radius 2 is 2.06 bits per heavy atom. The third-order valence-corrected chi connectivity index (χ3v) is 6.63. The first-order valence-corrected chi connectivity index (χ1v) is 10.8. The number of nitrogens with one attached hydrogen (secondary N) is 1. The molecule has 0 spiro atoms. The maximum atomic E-state index is 11.8. The fraction of sp³-hybridized carbons (Fsp3) is 0.417. The van der Waals surface area contributed by atoms with Crippen molar-refractivity contribution in [1.29, 1.82) is 0 Å². The van der Waals surface area contributed by atoms with Crippen LogP contribution >= 0.6 is 0 Å². The maximum Gasteiger partial charge on any atom is 0.337 e. The minimum absolute atomic E-state index is 0.272. The quantitative estimate of drug-likeness (QED) is 0.616. The monoisotopic (exact) mass is 421 g/mol. The molecule has 7 nitrogen and oxygen atoms in total. The van der Waals surface area contributed by atoms with Crippen LogP contribution in [0.4, 0.5) is 0 Å². The SMILES string of the molecule is COC(=O)c1cccc(O[C@@H]2C[C@@H]3CN(Cc4c[nH]c5ncccc45)C[C@@H]3C[C@H]2O)c1. The molecule has 1 aliphatic carbocycles. The third-order valence-electron chi connectivity index (χ3n) is 6.63. The Balaban J connectivity index is 1.24. The molecule has 4 atom stereocenters. The lowest BCUT2D eigenvalue weighted by Crippen LogP contribution is -2.42. The second kappa shape index (κ2) is 8.32. The number of benzene rings is 1. The average Bonchev–Trinajstić information content (AvgIpc) is 3.37. The molecule has 0 radical (unpaired) electrons. The van der Waals surface area contributed by atoms with Crippen LogP contribution in [0, 0.1) is 11.8 Å². The number of nitrogens with zero attached hydrogens (tertiary/aromatic N) is 2. The van der Waals surface area contributed by atoms with Gasteiger partial charge in [0.2, 0.25) is 0 Å². The largest absolute Gasteiger partial charge is 0.488 e. The average molecular weight is 421 g/mol. The third kappa shape index (κ3) is 4.03. The number of H-pyrrole nitrogens is 1. The van der Waals surface area contributed by atoms with Crippen molar-refractivity contribution in [2.75, 3.05) is 20.2 Å². The molecule has 2 aromatic heterocycles. The number of methoxy groups -OCH3 is 1. The Bertz CT molecular complexity index is 1080.